The van der Waals surface area contributed by atoms with E-state index in [9.17, 15) is 14.9 Å². The average Bonchev–Trinajstić information content (AvgIpc) is 3.64. The number of nitriles is 1. The third-order valence-corrected chi connectivity index (χ3v) is 13.0. The summed E-state index contributed by atoms with van der Waals surface area (Å²) in [6, 6.07) is 15.5. The van der Waals surface area contributed by atoms with E-state index in [4.69, 9.17) is 4.74 Å². The molecule has 2 aromatic carbocycles. The number of nitrogens with one attached hydrogen (secondary N) is 1. The van der Waals surface area contributed by atoms with Crippen molar-refractivity contribution in [1.29, 1.82) is 5.26 Å². The van der Waals surface area contributed by atoms with Gasteiger partial charge in [-0.1, -0.05) is 30.3 Å². The molecule has 0 atom stereocenters. The van der Waals surface area contributed by atoms with Gasteiger partial charge in [0.15, 0.2) is 11.3 Å². The average molecular weight is 464 g/mol. The smallest absolute Gasteiger partial charge is 0.344 e. The highest BCUT2D eigenvalue weighted by Crippen LogP contribution is 2.79. The minimum absolute atomic E-state index is 0.0597. The van der Waals surface area contributed by atoms with Gasteiger partial charge in [0.25, 0.3) is 5.91 Å². The van der Waals surface area contributed by atoms with Gasteiger partial charge in [-0.3, -0.25) is 4.79 Å². The van der Waals surface area contributed by atoms with E-state index in [-0.39, 0.29) is 18.5 Å². The molecule has 0 radical (unpaired) electrons. The zero-order valence-corrected chi connectivity index (χ0v) is 20.4. The molecule has 33 heavy (non-hydrogen) atoms. The first-order valence-electron chi connectivity index (χ1n) is 11.8. The Bertz CT molecular complexity index is 1060. The summed E-state index contributed by atoms with van der Waals surface area (Å²) in [5.74, 6) is -0.108. The quantitative estimate of drug-likeness (QED) is 0.429. The molecule has 1 saturated carbocycles. The molecule has 172 valence electrons. The Morgan fingerprint density at radius 1 is 1.06 bits per heavy atom. The summed E-state index contributed by atoms with van der Waals surface area (Å²) in [4.78, 5) is 26.7. The topological polar surface area (TPSA) is 79.2 Å². The largest absolute Gasteiger partial charge is 0.458 e. The number of rotatable bonds is 7. The van der Waals surface area contributed by atoms with Crippen LogP contribution < -0.4 is 5.32 Å². The van der Waals surface area contributed by atoms with Gasteiger partial charge in [-0.2, -0.15) is 5.26 Å². The first-order valence-corrected chi connectivity index (χ1v) is 14.1. The Morgan fingerprint density at radius 3 is 2.27 bits per heavy atom. The van der Waals surface area contributed by atoms with Crippen LogP contribution in [0.2, 0.25) is 0 Å². The van der Waals surface area contributed by atoms with Gasteiger partial charge in [-0.15, -0.1) is 0 Å². The molecule has 2 aliphatic rings. The number of nitrogens with zero attached hydrogens (tertiary/aromatic N) is 1. The molecule has 0 unspecified atom stereocenters. The molecule has 1 heterocycles. The predicted octanol–water partition coefficient (Wildman–Crippen LogP) is 5.59. The lowest BCUT2D eigenvalue weighted by Gasteiger charge is -2.36. The number of hydrogen-bond donors (Lipinski definition) is 1. The van der Waals surface area contributed by atoms with Crippen LogP contribution in [-0.4, -0.2) is 35.5 Å². The van der Waals surface area contributed by atoms with Gasteiger partial charge >= 0.3 is 5.97 Å². The van der Waals surface area contributed by atoms with Crippen molar-refractivity contribution in [3.8, 4) is 6.07 Å². The number of benzene rings is 2. The molecule has 2 fully saturated rings. The monoisotopic (exact) mass is 463 g/mol. The third-order valence-electron chi connectivity index (χ3n) is 7.30. The molecule has 1 N–H and O–H groups in total. The van der Waals surface area contributed by atoms with E-state index >= 15 is 0 Å². The number of esters is 1. The molecular weight excluding hydrogens is 431 g/mol. The maximum absolute atomic E-state index is 13.7. The molecule has 5 nitrogen and oxygen atoms in total. The summed E-state index contributed by atoms with van der Waals surface area (Å²) in [6.45, 7) is 4.13. The van der Waals surface area contributed by atoms with Crippen LogP contribution in [0.25, 0.3) is 0 Å². The Kier molecular flexibility index (Phi) is 6.86. The van der Waals surface area contributed by atoms with Crippen molar-refractivity contribution in [3.63, 3.8) is 0 Å². The number of carbonyl (C=O) groups is 2. The van der Waals surface area contributed by atoms with E-state index < -0.39 is 12.4 Å². The number of anilines is 1. The number of aryl methyl sites for hydroxylation is 2. The molecular formula is C27H32N2O3P+. The van der Waals surface area contributed by atoms with Gasteiger partial charge in [0.2, 0.25) is 0 Å². The third kappa shape index (κ3) is 4.82. The van der Waals surface area contributed by atoms with Crippen molar-refractivity contribution in [3.05, 3.63) is 64.7 Å². The van der Waals surface area contributed by atoms with Crippen molar-refractivity contribution in [2.75, 3.05) is 23.8 Å². The lowest BCUT2D eigenvalue weighted by atomic mass is 10.0. The minimum atomic E-state index is -1.84. The summed E-state index contributed by atoms with van der Waals surface area (Å²) < 4.78 is 5.67. The molecule has 1 amide bonds. The first-order chi connectivity index (χ1) is 15.9. The molecule has 1 aliphatic heterocycles. The SMILES string of the molecule is Cc1cc(C#N)cc(C)c1NC(=O)C1([P+]2(CC(=O)OCc3ccccc3)CCCCC2)CC1. The van der Waals surface area contributed by atoms with Crippen molar-refractivity contribution in [1.82, 2.24) is 0 Å². The van der Waals surface area contributed by atoms with Crippen LogP contribution in [0.1, 0.15) is 54.4 Å². The van der Waals surface area contributed by atoms with E-state index in [2.05, 4.69) is 11.4 Å². The van der Waals surface area contributed by atoms with Crippen LogP contribution in [0, 0.1) is 25.2 Å². The van der Waals surface area contributed by atoms with Gasteiger partial charge in [-0.05, 0) is 61.9 Å². The fraction of sp³-hybridized carbons (Fsp3) is 0.444. The Balaban J connectivity index is 1.52. The summed E-state index contributed by atoms with van der Waals surface area (Å²) in [5, 5.41) is 12.0. The fourth-order valence-electron chi connectivity index (χ4n) is 5.38. The molecule has 6 heteroatoms. The van der Waals surface area contributed by atoms with E-state index in [1.807, 2.05) is 56.3 Å². The maximum atomic E-state index is 13.7. The van der Waals surface area contributed by atoms with Gasteiger partial charge in [-0.25, -0.2) is 4.79 Å². The second kappa shape index (κ2) is 9.65. The van der Waals surface area contributed by atoms with Crippen LogP contribution in [0.4, 0.5) is 5.69 Å². The number of amides is 1. The van der Waals surface area contributed by atoms with Crippen LogP contribution in [0.15, 0.2) is 42.5 Å². The highest BCUT2D eigenvalue weighted by molar-refractivity contribution is 7.79. The lowest BCUT2D eigenvalue weighted by Crippen LogP contribution is -2.39. The van der Waals surface area contributed by atoms with E-state index in [0.29, 0.717) is 11.7 Å². The molecule has 1 aliphatic carbocycles. The highest BCUT2D eigenvalue weighted by Gasteiger charge is 2.71. The zero-order chi connectivity index (χ0) is 23.5. The van der Waals surface area contributed by atoms with Gasteiger partial charge in [0, 0.05) is 25.8 Å². The second-order valence-electron chi connectivity index (χ2n) is 9.54. The molecule has 1 saturated heterocycles. The molecule has 4 rings (SSSR count). The Labute approximate surface area is 196 Å². The van der Waals surface area contributed by atoms with E-state index in [0.717, 1.165) is 60.4 Å². The van der Waals surface area contributed by atoms with Crippen molar-refractivity contribution in [2.24, 2.45) is 0 Å². The normalized spacial score (nSPS) is 18.1. The van der Waals surface area contributed by atoms with E-state index in [1.165, 1.54) is 6.42 Å². The highest BCUT2D eigenvalue weighted by atomic mass is 31.2. The zero-order valence-electron chi connectivity index (χ0n) is 19.5. The summed E-state index contributed by atoms with van der Waals surface area (Å²) in [5.41, 5.74) is 4.17. The van der Waals surface area contributed by atoms with Crippen LogP contribution in [0.5, 0.6) is 0 Å². The summed E-state index contributed by atoms with van der Waals surface area (Å²) >= 11 is 0. The Hall–Kier alpha value is -2.70. The molecule has 0 spiro atoms. The van der Waals surface area contributed by atoms with Gasteiger partial charge in [0.05, 0.1) is 24.0 Å². The van der Waals surface area contributed by atoms with Crippen LogP contribution in [-0.2, 0) is 20.9 Å². The molecule has 2 aromatic rings. The number of ether oxygens (including phenoxy) is 1. The lowest BCUT2D eigenvalue weighted by molar-refractivity contribution is -0.141. The molecule has 0 aromatic heterocycles. The van der Waals surface area contributed by atoms with Gasteiger partial charge < -0.3 is 10.1 Å². The Morgan fingerprint density at radius 2 is 1.70 bits per heavy atom. The standard InChI is InChI=1S/C27H31N2O3P/c1-20-15-23(17-28)16-21(2)25(20)29-26(31)27(11-12-27)33(13-7-4-8-14-33)19-24(30)32-18-22-9-5-3-6-10-22/h3,5-6,9-10,15-16H,4,7-8,11-14,18-19H2,1-2H3/p+1. The fourth-order valence-corrected chi connectivity index (χ4v) is 10.9. The van der Waals surface area contributed by atoms with Crippen molar-refractivity contribution >= 4 is 24.8 Å². The van der Waals surface area contributed by atoms with E-state index in [1.54, 1.807) is 0 Å². The molecule has 0 bridgehead atoms. The summed E-state index contributed by atoms with van der Waals surface area (Å²) in [6.07, 6.45) is 7.44. The van der Waals surface area contributed by atoms with Crippen molar-refractivity contribution < 1.29 is 14.3 Å². The second-order valence-corrected chi connectivity index (χ2v) is 13.9. The summed E-state index contributed by atoms with van der Waals surface area (Å²) in [7, 11) is -1.84. The first kappa shape index (κ1) is 23.5. The predicted molar refractivity (Wildman–Crippen MR) is 133 cm³/mol. The maximum Gasteiger partial charge on any atom is 0.344 e. The number of hydrogen-bond acceptors (Lipinski definition) is 4. The van der Waals surface area contributed by atoms with Crippen molar-refractivity contribution in [2.45, 2.75) is 57.7 Å². The van der Waals surface area contributed by atoms with Crippen LogP contribution in [0.3, 0.4) is 0 Å². The van der Waals surface area contributed by atoms with Crippen LogP contribution >= 0.6 is 7.26 Å². The van der Waals surface area contributed by atoms with Gasteiger partial charge in [0.1, 0.15) is 6.61 Å². The minimum Gasteiger partial charge on any atom is -0.458 e. The number of carbonyl (C=O) groups excluding carboxylic acids is 2.